The smallest absolute Gasteiger partial charge is 0.241 e. The lowest BCUT2D eigenvalue weighted by Gasteiger charge is -2.20. The highest BCUT2D eigenvalue weighted by molar-refractivity contribution is 14.0. The lowest BCUT2D eigenvalue weighted by molar-refractivity contribution is -0.119. The normalized spacial score (nSPS) is 20.4. The van der Waals surface area contributed by atoms with Crippen molar-refractivity contribution >= 4 is 35.8 Å². The van der Waals surface area contributed by atoms with Gasteiger partial charge in [-0.25, -0.2) is 4.99 Å². The number of aliphatic imine (C=N–C) groups is 1. The summed E-state index contributed by atoms with van der Waals surface area (Å²) in [6.07, 6.45) is 7.38. The zero-order chi connectivity index (χ0) is 12.8. The van der Waals surface area contributed by atoms with Gasteiger partial charge in [0, 0.05) is 19.6 Å². The molecular weight excluding hydrogens is 355 g/mol. The average Bonchev–Trinajstić information content (AvgIpc) is 3.19. The molecular formula is C13H25IN4O. The fourth-order valence-corrected chi connectivity index (χ4v) is 2.19. The first-order chi connectivity index (χ1) is 8.75. The Morgan fingerprint density at radius 1 is 1.21 bits per heavy atom. The molecule has 2 fully saturated rings. The number of carbonyl (C=O) groups is 1. The second-order valence-electron chi connectivity index (χ2n) is 5.32. The second-order valence-corrected chi connectivity index (χ2v) is 5.32. The summed E-state index contributed by atoms with van der Waals surface area (Å²) in [5, 5.41) is 2.90. The van der Waals surface area contributed by atoms with Gasteiger partial charge in [-0.05, 0) is 31.6 Å². The van der Waals surface area contributed by atoms with Crippen LogP contribution < -0.4 is 11.1 Å². The lowest BCUT2D eigenvalue weighted by atomic mass is 10.2. The van der Waals surface area contributed by atoms with Crippen LogP contribution in [-0.2, 0) is 4.79 Å². The van der Waals surface area contributed by atoms with Crippen molar-refractivity contribution < 1.29 is 4.79 Å². The summed E-state index contributed by atoms with van der Waals surface area (Å²) in [5.74, 6) is 1.22. The maximum atomic E-state index is 11.5. The van der Waals surface area contributed by atoms with Gasteiger partial charge >= 0.3 is 0 Å². The summed E-state index contributed by atoms with van der Waals surface area (Å²) in [5.41, 5.74) is 5.93. The van der Waals surface area contributed by atoms with Crippen LogP contribution in [0, 0.1) is 5.92 Å². The van der Waals surface area contributed by atoms with Gasteiger partial charge in [0.05, 0.1) is 0 Å². The predicted octanol–water partition coefficient (Wildman–Crippen LogP) is 1.32. The molecule has 0 atom stereocenters. The molecule has 19 heavy (non-hydrogen) atoms. The molecule has 6 heteroatoms. The topological polar surface area (TPSA) is 70.7 Å². The monoisotopic (exact) mass is 380 g/mol. The fourth-order valence-electron chi connectivity index (χ4n) is 2.19. The molecule has 0 aromatic carbocycles. The molecule has 0 radical (unpaired) electrons. The van der Waals surface area contributed by atoms with Crippen molar-refractivity contribution in [1.82, 2.24) is 10.2 Å². The van der Waals surface area contributed by atoms with Crippen molar-refractivity contribution in [2.24, 2.45) is 16.6 Å². The minimum Gasteiger partial charge on any atom is -0.370 e. The van der Waals surface area contributed by atoms with Gasteiger partial charge in [-0.2, -0.15) is 0 Å². The molecule has 110 valence electrons. The quantitative estimate of drug-likeness (QED) is 0.439. The van der Waals surface area contributed by atoms with E-state index in [0.717, 1.165) is 19.6 Å². The van der Waals surface area contributed by atoms with Crippen molar-refractivity contribution in [1.29, 1.82) is 0 Å². The molecule has 0 aromatic heterocycles. The Hall–Kier alpha value is -0.530. The van der Waals surface area contributed by atoms with Gasteiger partial charge < -0.3 is 16.0 Å². The molecule has 1 saturated heterocycles. The van der Waals surface area contributed by atoms with E-state index in [1.807, 2.05) is 0 Å². The summed E-state index contributed by atoms with van der Waals surface area (Å²) in [6, 6.07) is 0. The van der Waals surface area contributed by atoms with Gasteiger partial charge in [0.1, 0.15) is 6.54 Å². The summed E-state index contributed by atoms with van der Waals surface area (Å²) in [6.45, 7) is 2.91. The van der Waals surface area contributed by atoms with Crippen molar-refractivity contribution in [3.05, 3.63) is 0 Å². The Balaban J connectivity index is 0.00000180. The minimum absolute atomic E-state index is 0. The van der Waals surface area contributed by atoms with Crippen LogP contribution in [0.4, 0.5) is 0 Å². The van der Waals surface area contributed by atoms with E-state index in [-0.39, 0.29) is 36.4 Å². The molecule has 5 nitrogen and oxygen atoms in total. The highest BCUT2D eigenvalue weighted by atomic mass is 127. The first-order valence-corrected chi connectivity index (χ1v) is 7.07. The Kier molecular flexibility index (Phi) is 7.48. The third-order valence-corrected chi connectivity index (χ3v) is 3.60. The van der Waals surface area contributed by atoms with Crippen LogP contribution in [0.1, 0.15) is 38.5 Å². The summed E-state index contributed by atoms with van der Waals surface area (Å²) < 4.78 is 0. The van der Waals surface area contributed by atoms with Gasteiger partial charge in [0.25, 0.3) is 0 Å². The molecule has 3 N–H and O–H groups in total. The zero-order valence-electron chi connectivity index (χ0n) is 11.4. The number of nitrogens with zero attached hydrogens (tertiary/aromatic N) is 2. The predicted molar refractivity (Wildman–Crippen MR) is 87.7 cm³/mol. The molecule has 2 rings (SSSR count). The first kappa shape index (κ1) is 16.5. The van der Waals surface area contributed by atoms with Gasteiger partial charge in [-0.1, -0.05) is 12.8 Å². The summed E-state index contributed by atoms with van der Waals surface area (Å²) >= 11 is 0. The number of guanidine groups is 1. The fraction of sp³-hybridized carbons (Fsp3) is 0.846. The SMILES string of the molecule is I.NC(=NCC(=O)NCC1CC1)N1CCCCCC1. The van der Waals surface area contributed by atoms with E-state index in [1.54, 1.807) is 0 Å². The first-order valence-electron chi connectivity index (χ1n) is 7.07. The molecule has 1 aliphatic heterocycles. The molecule has 1 amide bonds. The van der Waals surface area contributed by atoms with Crippen molar-refractivity contribution in [3.63, 3.8) is 0 Å². The Bertz CT molecular complexity index is 310. The second kappa shape index (κ2) is 8.60. The third-order valence-electron chi connectivity index (χ3n) is 3.60. The maximum Gasteiger partial charge on any atom is 0.241 e. The number of amides is 1. The van der Waals surface area contributed by atoms with Crippen molar-refractivity contribution in [2.45, 2.75) is 38.5 Å². The number of halogens is 1. The molecule has 0 aromatic rings. The molecule has 0 spiro atoms. The Morgan fingerprint density at radius 2 is 1.84 bits per heavy atom. The number of nitrogens with one attached hydrogen (secondary N) is 1. The van der Waals surface area contributed by atoms with Gasteiger partial charge in [0.2, 0.25) is 5.91 Å². The summed E-state index contributed by atoms with van der Waals surface area (Å²) in [7, 11) is 0. The van der Waals surface area contributed by atoms with Gasteiger partial charge in [-0.3, -0.25) is 4.79 Å². The van der Waals surface area contributed by atoms with Gasteiger partial charge in [-0.15, -0.1) is 24.0 Å². The molecule has 1 aliphatic carbocycles. The molecule has 1 heterocycles. The van der Waals surface area contributed by atoms with Crippen LogP contribution in [0.3, 0.4) is 0 Å². The van der Waals surface area contributed by atoms with Crippen LogP contribution in [0.2, 0.25) is 0 Å². The maximum absolute atomic E-state index is 11.5. The molecule has 1 saturated carbocycles. The van der Waals surface area contributed by atoms with Crippen LogP contribution in [0.5, 0.6) is 0 Å². The van der Waals surface area contributed by atoms with Crippen LogP contribution >= 0.6 is 24.0 Å². The number of carbonyl (C=O) groups excluding carboxylic acids is 1. The van der Waals surface area contributed by atoms with E-state index >= 15 is 0 Å². The number of nitrogens with two attached hydrogens (primary N) is 1. The third kappa shape index (κ3) is 6.44. The number of hydrogen-bond acceptors (Lipinski definition) is 2. The van der Waals surface area contributed by atoms with E-state index in [4.69, 9.17) is 5.73 Å². The van der Waals surface area contributed by atoms with E-state index in [0.29, 0.717) is 11.9 Å². The zero-order valence-corrected chi connectivity index (χ0v) is 13.8. The van der Waals surface area contributed by atoms with Crippen molar-refractivity contribution in [2.75, 3.05) is 26.2 Å². The molecule has 0 unspecified atom stereocenters. The highest BCUT2D eigenvalue weighted by Crippen LogP contribution is 2.27. The minimum atomic E-state index is -0.0142. The van der Waals surface area contributed by atoms with Crippen LogP contribution in [-0.4, -0.2) is 42.9 Å². The Morgan fingerprint density at radius 3 is 2.42 bits per heavy atom. The Labute approximate surface area is 132 Å². The largest absolute Gasteiger partial charge is 0.370 e. The summed E-state index contributed by atoms with van der Waals surface area (Å²) in [4.78, 5) is 17.8. The average molecular weight is 380 g/mol. The molecule has 0 bridgehead atoms. The van der Waals surface area contributed by atoms with Crippen LogP contribution in [0.25, 0.3) is 0 Å². The van der Waals surface area contributed by atoms with Crippen LogP contribution in [0.15, 0.2) is 4.99 Å². The van der Waals surface area contributed by atoms with E-state index in [1.165, 1.54) is 38.5 Å². The standard InChI is InChI=1S/C13H24N4O.HI/c14-13(17-7-3-1-2-4-8-17)16-10-12(18)15-9-11-5-6-11;/h11H,1-10H2,(H2,14,16)(H,15,18);1H. The van der Waals surface area contributed by atoms with Crippen molar-refractivity contribution in [3.8, 4) is 0 Å². The number of hydrogen-bond donors (Lipinski definition) is 2. The highest BCUT2D eigenvalue weighted by Gasteiger charge is 2.21. The van der Waals surface area contributed by atoms with E-state index < -0.39 is 0 Å². The number of rotatable bonds is 4. The number of likely N-dealkylation sites (tertiary alicyclic amines) is 1. The van der Waals surface area contributed by atoms with E-state index in [9.17, 15) is 4.79 Å². The lowest BCUT2D eigenvalue weighted by Crippen LogP contribution is -2.39. The molecule has 2 aliphatic rings. The van der Waals surface area contributed by atoms with E-state index in [2.05, 4.69) is 15.2 Å². The van der Waals surface area contributed by atoms with Gasteiger partial charge in [0.15, 0.2) is 5.96 Å².